The van der Waals surface area contributed by atoms with Gasteiger partial charge in [0.15, 0.2) is 6.10 Å². The molecular weight excluding hydrogens is 208 g/mol. The summed E-state index contributed by atoms with van der Waals surface area (Å²) in [6.45, 7) is 0. The molecule has 0 radical (unpaired) electrons. The molecule has 0 fully saturated rings. The van der Waals surface area contributed by atoms with Crippen molar-refractivity contribution in [2.75, 3.05) is 5.01 Å². The Hall–Kier alpha value is -1.46. The van der Waals surface area contributed by atoms with E-state index in [0.29, 0.717) is 5.01 Å². The van der Waals surface area contributed by atoms with Crippen LogP contribution in [0.1, 0.15) is 11.7 Å². The summed E-state index contributed by atoms with van der Waals surface area (Å²) in [6.07, 6.45) is -1.39. The fraction of sp³-hybridized carbons (Fsp3) is 0.125. The van der Waals surface area contributed by atoms with Gasteiger partial charge in [-0.2, -0.15) is 5.01 Å². The molecule has 1 aromatic carbocycles. The number of rotatable bonds is 1. The van der Waals surface area contributed by atoms with E-state index in [1.807, 2.05) is 0 Å². The molecule has 1 heterocycles. The van der Waals surface area contributed by atoms with Gasteiger partial charge >= 0.3 is 0 Å². The third-order valence-electron chi connectivity index (χ3n) is 2.06. The number of nitrogens with zero attached hydrogens (tertiary/aromatic N) is 2. The number of anilines is 1. The lowest BCUT2D eigenvalue weighted by molar-refractivity contribution is -0.125. The Kier molecular flexibility index (Phi) is 1.98. The van der Waals surface area contributed by atoms with Crippen LogP contribution in [-0.4, -0.2) is 11.0 Å². The van der Waals surface area contributed by atoms with Crippen LogP contribution in [0.15, 0.2) is 23.5 Å². The minimum Gasteiger partial charge on any atom is -0.378 e. The molecule has 0 bridgehead atoms. The molecule has 6 heteroatoms. The van der Waals surface area contributed by atoms with E-state index in [-0.39, 0.29) is 16.3 Å². The maximum atomic E-state index is 11.3. The monoisotopic (exact) mass is 212 g/mol. The van der Waals surface area contributed by atoms with E-state index < -0.39 is 12.0 Å². The first-order valence-corrected chi connectivity index (χ1v) is 4.18. The van der Waals surface area contributed by atoms with Crippen LogP contribution in [0, 0.1) is 4.91 Å². The van der Waals surface area contributed by atoms with Crippen LogP contribution in [0.25, 0.3) is 0 Å². The van der Waals surface area contributed by atoms with Crippen molar-refractivity contribution in [3.05, 3.63) is 33.7 Å². The molecule has 0 aromatic heterocycles. The van der Waals surface area contributed by atoms with Crippen LogP contribution in [0.5, 0.6) is 0 Å². The first-order chi connectivity index (χ1) is 6.66. The average molecular weight is 213 g/mol. The maximum absolute atomic E-state index is 11.3. The first-order valence-electron chi connectivity index (χ1n) is 3.80. The molecule has 1 aliphatic rings. The molecule has 1 aliphatic heterocycles. The van der Waals surface area contributed by atoms with Crippen LogP contribution >= 0.6 is 11.6 Å². The maximum Gasteiger partial charge on any atom is 0.283 e. The van der Waals surface area contributed by atoms with E-state index in [2.05, 4.69) is 5.29 Å². The third-order valence-corrected chi connectivity index (χ3v) is 2.39. The second kappa shape index (κ2) is 3.04. The quantitative estimate of drug-likeness (QED) is 0.716. The molecule has 1 aromatic rings. The van der Waals surface area contributed by atoms with Gasteiger partial charge in [-0.05, 0) is 12.1 Å². The van der Waals surface area contributed by atoms with E-state index in [4.69, 9.17) is 11.6 Å². The number of hydrogen-bond donors (Lipinski definition) is 1. The minimum atomic E-state index is -1.39. The second-order valence-corrected chi connectivity index (χ2v) is 3.21. The number of benzene rings is 1. The molecular formula is C8H5ClN2O3. The zero-order valence-electron chi connectivity index (χ0n) is 6.85. The molecule has 0 saturated heterocycles. The van der Waals surface area contributed by atoms with Gasteiger partial charge in [0, 0.05) is 10.6 Å². The molecule has 1 unspecified atom stereocenters. The fourth-order valence-corrected chi connectivity index (χ4v) is 1.70. The van der Waals surface area contributed by atoms with Gasteiger partial charge < -0.3 is 5.11 Å². The molecule has 14 heavy (non-hydrogen) atoms. The van der Waals surface area contributed by atoms with Crippen LogP contribution in [0.2, 0.25) is 5.02 Å². The third kappa shape index (κ3) is 1.03. The highest BCUT2D eigenvalue weighted by Gasteiger charge is 2.38. The van der Waals surface area contributed by atoms with Crippen molar-refractivity contribution >= 4 is 23.2 Å². The fourth-order valence-electron chi connectivity index (χ4n) is 1.42. The average Bonchev–Trinajstić information content (AvgIpc) is 2.41. The van der Waals surface area contributed by atoms with Crippen molar-refractivity contribution in [3.63, 3.8) is 0 Å². The summed E-state index contributed by atoms with van der Waals surface area (Å²) < 4.78 is 0. The summed E-state index contributed by atoms with van der Waals surface area (Å²) in [4.78, 5) is 21.6. The Morgan fingerprint density at radius 3 is 2.86 bits per heavy atom. The Morgan fingerprint density at radius 1 is 1.50 bits per heavy atom. The topological polar surface area (TPSA) is 70.0 Å². The van der Waals surface area contributed by atoms with Crippen LogP contribution < -0.4 is 5.01 Å². The van der Waals surface area contributed by atoms with Gasteiger partial charge in [0.1, 0.15) is 0 Å². The Labute approximate surface area is 83.8 Å². The van der Waals surface area contributed by atoms with Gasteiger partial charge in [-0.15, -0.1) is 4.91 Å². The molecule has 0 aliphatic carbocycles. The number of hydrogen-bond acceptors (Lipinski definition) is 4. The van der Waals surface area contributed by atoms with Gasteiger partial charge in [0.25, 0.3) is 5.91 Å². The van der Waals surface area contributed by atoms with E-state index in [0.717, 1.165) is 0 Å². The van der Waals surface area contributed by atoms with E-state index in [1.54, 1.807) is 6.07 Å². The Balaban J connectivity index is 2.66. The number of fused-ring (bicyclic) bond motifs is 1. The zero-order chi connectivity index (χ0) is 10.3. The minimum absolute atomic E-state index is 0.235. The summed E-state index contributed by atoms with van der Waals surface area (Å²) in [5.74, 6) is -0.775. The second-order valence-electron chi connectivity index (χ2n) is 2.81. The summed E-state index contributed by atoms with van der Waals surface area (Å²) in [6, 6.07) is 4.60. The molecule has 0 saturated carbocycles. The first kappa shape index (κ1) is 9.11. The standard InChI is InChI=1S/C8H5ClN2O3/c9-4-2-1-3-5-6(4)7(12)8(13)11(5)10-14/h1-3,7,12H. The number of carbonyl (C=O) groups excluding carboxylic acids is 1. The van der Waals surface area contributed by atoms with Gasteiger partial charge in [-0.3, -0.25) is 4.79 Å². The van der Waals surface area contributed by atoms with Gasteiger partial charge in [-0.25, -0.2) is 0 Å². The molecule has 72 valence electrons. The predicted octanol–water partition coefficient (Wildman–Crippen LogP) is 1.40. The van der Waals surface area contributed by atoms with Gasteiger partial charge in [0.05, 0.1) is 11.0 Å². The Bertz CT molecular complexity index is 421. The van der Waals surface area contributed by atoms with Crippen LogP contribution in [-0.2, 0) is 4.79 Å². The number of aliphatic hydroxyl groups excluding tert-OH is 1. The molecule has 1 atom stereocenters. The van der Waals surface area contributed by atoms with E-state index in [9.17, 15) is 14.8 Å². The number of aliphatic hydroxyl groups is 1. The van der Waals surface area contributed by atoms with Crippen LogP contribution in [0.3, 0.4) is 0 Å². The molecule has 5 nitrogen and oxygen atoms in total. The highest BCUT2D eigenvalue weighted by atomic mass is 35.5. The molecule has 2 rings (SSSR count). The van der Waals surface area contributed by atoms with Crippen molar-refractivity contribution in [2.45, 2.75) is 6.10 Å². The zero-order valence-corrected chi connectivity index (χ0v) is 7.60. The summed E-state index contributed by atoms with van der Waals surface area (Å²) in [5.41, 5.74) is 0.476. The SMILES string of the molecule is O=NN1C(=O)C(O)c2c(Cl)cccc21. The molecule has 0 spiro atoms. The van der Waals surface area contributed by atoms with E-state index >= 15 is 0 Å². The summed E-state index contributed by atoms with van der Waals surface area (Å²) >= 11 is 5.77. The van der Waals surface area contributed by atoms with Crippen molar-refractivity contribution in [1.82, 2.24) is 0 Å². The van der Waals surface area contributed by atoms with Crippen molar-refractivity contribution < 1.29 is 9.90 Å². The predicted molar refractivity (Wildman–Crippen MR) is 49.7 cm³/mol. The van der Waals surface area contributed by atoms with Crippen molar-refractivity contribution in [2.24, 2.45) is 5.29 Å². The lowest BCUT2D eigenvalue weighted by Crippen LogP contribution is -2.22. The van der Waals surface area contributed by atoms with Gasteiger partial charge in [0.2, 0.25) is 0 Å². The number of amides is 1. The summed E-state index contributed by atoms with van der Waals surface area (Å²) in [7, 11) is 0. The normalized spacial score (nSPS) is 19.7. The van der Waals surface area contributed by atoms with Crippen LogP contribution in [0.4, 0.5) is 5.69 Å². The van der Waals surface area contributed by atoms with Crippen molar-refractivity contribution in [3.8, 4) is 0 Å². The van der Waals surface area contributed by atoms with E-state index in [1.165, 1.54) is 12.1 Å². The number of halogens is 1. The van der Waals surface area contributed by atoms with Crippen molar-refractivity contribution in [1.29, 1.82) is 0 Å². The number of carbonyl (C=O) groups is 1. The highest BCUT2D eigenvalue weighted by molar-refractivity contribution is 6.32. The smallest absolute Gasteiger partial charge is 0.283 e. The number of nitroso groups, excluding NO2 is 1. The molecule has 1 amide bonds. The largest absolute Gasteiger partial charge is 0.378 e. The lowest BCUT2D eigenvalue weighted by Gasteiger charge is -2.04. The molecule has 1 N–H and O–H groups in total. The van der Waals surface area contributed by atoms with Gasteiger partial charge in [-0.1, -0.05) is 17.7 Å². The summed E-state index contributed by atoms with van der Waals surface area (Å²) in [5, 5.41) is 12.8. The highest BCUT2D eigenvalue weighted by Crippen LogP contribution is 2.40. The Morgan fingerprint density at radius 2 is 2.21 bits per heavy atom. The lowest BCUT2D eigenvalue weighted by atomic mass is 10.1.